The first-order valence-electron chi connectivity index (χ1n) is 11.5. The van der Waals surface area contributed by atoms with Crippen LogP contribution < -0.4 is 16.4 Å². The predicted octanol–water partition coefficient (Wildman–Crippen LogP) is 1.79. The van der Waals surface area contributed by atoms with Gasteiger partial charge in [0.1, 0.15) is 11.2 Å². The van der Waals surface area contributed by atoms with Gasteiger partial charge in [-0.3, -0.25) is 28.8 Å². The van der Waals surface area contributed by atoms with Gasteiger partial charge in [0.05, 0.1) is 22.7 Å². The Bertz CT molecular complexity index is 1360. The fraction of sp³-hybridized carbons (Fsp3) is 0.375. The minimum absolute atomic E-state index is 0.0813. The van der Waals surface area contributed by atoms with Crippen molar-refractivity contribution in [3.05, 3.63) is 85.1 Å². The quantitative estimate of drug-likeness (QED) is 0.420. The van der Waals surface area contributed by atoms with E-state index in [-0.39, 0.29) is 27.8 Å². The van der Waals surface area contributed by atoms with Gasteiger partial charge >= 0.3 is 0 Å². The molecule has 1 atom stereocenters. The lowest BCUT2D eigenvalue weighted by Crippen LogP contribution is -2.44. The van der Waals surface area contributed by atoms with Gasteiger partial charge < -0.3 is 10.2 Å². The van der Waals surface area contributed by atoms with E-state index in [9.17, 15) is 19.7 Å². The zero-order valence-electron chi connectivity index (χ0n) is 18.7. The number of rotatable bonds is 7. The van der Waals surface area contributed by atoms with Crippen LogP contribution in [0.15, 0.2) is 58.3 Å². The molecular formula is C24H26N6O4. The molecule has 10 nitrogen and oxygen atoms in total. The molecule has 5 rings (SSSR count). The number of nitro benzene ring substituents is 1. The van der Waals surface area contributed by atoms with Crippen LogP contribution in [-0.4, -0.2) is 56.2 Å². The first-order chi connectivity index (χ1) is 16.5. The average molecular weight is 463 g/mol. The second-order valence-electron chi connectivity index (χ2n) is 8.81. The molecule has 176 valence electrons. The first kappa shape index (κ1) is 22.2. The number of nitrogens with zero attached hydrogens (tertiary/aromatic N) is 5. The maximum absolute atomic E-state index is 12.5. The van der Waals surface area contributed by atoms with Crippen LogP contribution in [0.1, 0.15) is 24.4 Å². The van der Waals surface area contributed by atoms with Crippen molar-refractivity contribution in [2.45, 2.75) is 31.5 Å². The standard InChI is InChI=1S/C24H26N6O4/c31-22-8-7-20-24-28(22)16-19(29(24)23(32)14-26-20)15-27-12-9-18(10-13-27)25-11-3-5-17-4-1-2-6-21(17)30(33)34/h1-8,14,18-19,25H,9-13,15-16H2. The van der Waals surface area contributed by atoms with Crippen molar-refractivity contribution >= 4 is 22.9 Å². The lowest BCUT2D eigenvalue weighted by Gasteiger charge is -2.34. The van der Waals surface area contributed by atoms with E-state index in [1.54, 1.807) is 39.5 Å². The predicted molar refractivity (Wildman–Crippen MR) is 129 cm³/mol. The van der Waals surface area contributed by atoms with Crippen molar-refractivity contribution in [1.29, 1.82) is 0 Å². The lowest BCUT2D eigenvalue weighted by molar-refractivity contribution is -0.385. The molecule has 1 saturated heterocycles. The van der Waals surface area contributed by atoms with Crippen molar-refractivity contribution in [1.82, 2.24) is 24.3 Å². The molecule has 0 bridgehead atoms. The van der Waals surface area contributed by atoms with Gasteiger partial charge in [0.2, 0.25) is 0 Å². The summed E-state index contributed by atoms with van der Waals surface area (Å²) in [5.74, 6) is 0. The van der Waals surface area contributed by atoms with Gasteiger partial charge in [-0.2, -0.15) is 0 Å². The van der Waals surface area contributed by atoms with Crippen molar-refractivity contribution < 1.29 is 4.92 Å². The maximum Gasteiger partial charge on any atom is 0.276 e. The van der Waals surface area contributed by atoms with E-state index in [2.05, 4.69) is 15.2 Å². The fourth-order valence-electron chi connectivity index (χ4n) is 5.00. The van der Waals surface area contributed by atoms with Gasteiger partial charge in [-0.25, -0.2) is 4.98 Å². The summed E-state index contributed by atoms with van der Waals surface area (Å²) in [6, 6.07) is 10.2. The third kappa shape index (κ3) is 4.29. The molecule has 0 radical (unpaired) electrons. The molecule has 1 unspecified atom stereocenters. The number of hydrogen-bond acceptors (Lipinski definition) is 7. The Kier molecular flexibility index (Phi) is 6.08. The molecule has 1 N–H and O–H groups in total. The van der Waals surface area contributed by atoms with Crippen LogP contribution in [-0.2, 0) is 6.54 Å². The van der Waals surface area contributed by atoms with Crippen molar-refractivity contribution in [3.8, 4) is 0 Å². The number of nitro groups is 1. The van der Waals surface area contributed by atoms with E-state index >= 15 is 0 Å². The molecule has 0 saturated carbocycles. The highest BCUT2D eigenvalue weighted by atomic mass is 16.6. The second-order valence-corrected chi connectivity index (χ2v) is 8.81. The molecule has 2 aliphatic rings. The molecule has 0 aliphatic carbocycles. The summed E-state index contributed by atoms with van der Waals surface area (Å²) < 4.78 is 3.38. The van der Waals surface area contributed by atoms with Crippen LogP contribution in [0, 0.1) is 10.1 Å². The largest absolute Gasteiger partial charge is 0.310 e. The SMILES string of the molecule is O=c1ccc2ncc(=O)n3c2n1CC3CN1CCC(NCC=Cc2ccccc2[N+](=O)[O-])CC1. The summed E-state index contributed by atoms with van der Waals surface area (Å²) in [6.07, 6.45) is 6.98. The molecule has 2 aromatic heterocycles. The summed E-state index contributed by atoms with van der Waals surface area (Å²) >= 11 is 0. The first-order valence-corrected chi connectivity index (χ1v) is 11.5. The fourth-order valence-corrected chi connectivity index (χ4v) is 5.00. The minimum Gasteiger partial charge on any atom is -0.310 e. The molecule has 1 aromatic carbocycles. The van der Waals surface area contributed by atoms with Crippen molar-refractivity contribution in [2.75, 3.05) is 26.2 Å². The Balaban J connectivity index is 1.15. The molecule has 10 heteroatoms. The molecule has 1 fully saturated rings. The summed E-state index contributed by atoms with van der Waals surface area (Å²) in [6.45, 7) is 3.64. The number of para-hydroxylation sites is 1. The van der Waals surface area contributed by atoms with E-state index in [4.69, 9.17) is 0 Å². The van der Waals surface area contributed by atoms with Gasteiger partial charge in [-0.15, -0.1) is 0 Å². The third-order valence-corrected chi connectivity index (χ3v) is 6.68. The molecule has 3 aromatic rings. The maximum atomic E-state index is 12.5. The van der Waals surface area contributed by atoms with Gasteiger partial charge in [0, 0.05) is 37.8 Å². The number of nitrogens with one attached hydrogen (secondary N) is 1. The molecule has 4 heterocycles. The zero-order valence-corrected chi connectivity index (χ0v) is 18.7. The van der Waals surface area contributed by atoms with Crippen LogP contribution in [0.2, 0.25) is 0 Å². The lowest BCUT2D eigenvalue weighted by atomic mass is 10.0. The van der Waals surface area contributed by atoms with Gasteiger partial charge in [-0.05, 0) is 38.1 Å². The van der Waals surface area contributed by atoms with Crippen molar-refractivity contribution in [2.24, 2.45) is 0 Å². The van der Waals surface area contributed by atoms with Crippen LogP contribution in [0.4, 0.5) is 5.69 Å². The van der Waals surface area contributed by atoms with E-state index in [0.717, 1.165) is 25.9 Å². The minimum atomic E-state index is -0.368. The third-order valence-electron chi connectivity index (χ3n) is 6.68. The van der Waals surface area contributed by atoms with Crippen LogP contribution >= 0.6 is 0 Å². The molecule has 2 aliphatic heterocycles. The van der Waals surface area contributed by atoms with E-state index in [1.807, 2.05) is 6.08 Å². The van der Waals surface area contributed by atoms with Gasteiger partial charge in [0.15, 0.2) is 0 Å². The highest BCUT2D eigenvalue weighted by Gasteiger charge is 2.29. The Hall–Kier alpha value is -3.63. The number of benzene rings is 1. The monoisotopic (exact) mass is 462 g/mol. The Morgan fingerprint density at radius 3 is 2.71 bits per heavy atom. The molecular weight excluding hydrogens is 436 g/mol. The smallest absolute Gasteiger partial charge is 0.276 e. The van der Waals surface area contributed by atoms with E-state index in [0.29, 0.717) is 42.4 Å². The Morgan fingerprint density at radius 1 is 1.12 bits per heavy atom. The zero-order chi connectivity index (χ0) is 23.7. The van der Waals surface area contributed by atoms with Crippen molar-refractivity contribution in [3.63, 3.8) is 0 Å². The topological polar surface area (TPSA) is 115 Å². The Labute approximate surface area is 195 Å². The number of hydrogen-bond donors (Lipinski definition) is 1. The second kappa shape index (κ2) is 9.32. The molecule has 0 spiro atoms. The number of piperidine rings is 1. The highest BCUT2D eigenvalue weighted by molar-refractivity contribution is 5.71. The summed E-state index contributed by atoms with van der Waals surface area (Å²) in [5, 5.41) is 14.6. The highest BCUT2D eigenvalue weighted by Crippen LogP contribution is 2.24. The summed E-state index contributed by atoms with van der Waals surface area (Å²) in [5.41, 5.74) is 1.71. The number of aromatic nitrogens is 3. The summed E-state index contributed by atoms with van der Waals surface area (Å²) in [7, 11) is 0. The summed E-state index contributed by atoms with van der Waals surface area (Å²) in [4.78, 5) is 42.1. The molecule has 34 heavy (non-hydrogen) atoms. The number of likely N-dealkylation sites (tertiary alicyclic amines) is 1. The van der Waals surface area contributed by atoms with Crippen LogP contribution in [0.3, 0.4) is 0 Å². The molecule has 0 amide bonds. The number of pyridine rings is 1. The van der Waals surface area contributed by atoms with Crippen LogP contribution in [0.5, 0.6) is 0 Å². The van der Waals surface area contributed by atoms with Gasteiger partial charge in [-0.1, -0.05) is 24.3 Å². The van der Waals surface area contributed by atoms with E-state index < -0.39 is 0 Å². The van der Waals surface area contributed by atoms with Crippen LogP contribution in [0.25, 0.3) is 17.2 Å². The normalized spacial score (nSPS) is 18.8. The Morgan fingerprint density at radius 2 is 1.91 bits per heavy atom. The average Bonchev–Trinajstić information content (AvgIpc) is 3.23. The van der Waals surface area contributed by atoms with E-state index in [1.165, 1.54) is 18.3 Å². The van der Waals surface area contributed by atoms with Gasteiger partial charge in [0.25, 0.3) is 16.8 Å².